The summed E-state index contributed by atoms with van der Waals surface area (Å²) in [5.74, 6) is 0.427. The van der Waals surface area contributed by atoms with E-state index in [1.54, 1.807) is 0 Å². The lowest BCUT2D eigenvalue weighted by atomic mass is 10.2. The summed E-state index contributed by atoms with van der Waals surface area (Å²) in [6.45, 7) is 0.197. The van der Waals surface area contributed by atoms with E-state index in [1.165, 1.54) is 12.1 Å². The lowest BCUT2D eigenvalue weighted by Crippen LogP contribution is -2.05. The molecule has 1 nitrogen and oxygen atoms in total. The minimum absolute atomic E-state index is 0.181. The average Bonchev–Trinajstić information content (AvgIpc) is 2.14. The van der Waals surface area contributed by atoms with Crippen LogP contribution in [0, 0.1) is 0 Å². The number of ether oxygens (including phenoxy) is 1. The molecule has 0 bridgehead atoms. The van der Waals surface area contributed by atoms with E-state index in [0.29, 0.717) is 0 Å². The van der Waals surface area contributed by atoms with Gasteiger partial charge in [-0.3, -0.25) is 0 Å². The lowest BCUT2D eigenvalue weighted by Gasteiger charge is -2.08. The van der Waals surface area contributed by atoms with Gasteiger partial charge < -0.3 is 4.74 Å². The number of alkyl halides is 4. The van der Waals surface area contributed by atoms with Gasteiger partial charge in [-0.25, -0.2) is 0 Å². The van der Waals surface area contributed by atoms with Crippen LogP contribution >= 0.6 is 11.6 Å². The van der Waals surface area contributed by atoms with E-state index in [1.807, 2.05) is 0 Å². The zero-order chi connectivity index (χ0) is 10.6. The van der Waals surface area contributed by atoms with Crippen molar-refractivity contribution in [1.29, 1.82) is 0 Å². The van der Waals surface area contributed by atoms with Gasteiger partial charge in [-0.1, -0.05) is 6.07 Å². The third-order valence-electron chi connectivity index (χ3n) is 1.51. The van der Waals surface area contributed by atoms with E-state index in [4.69, 9.17) is 16.3 Å². The van der Waals surface area contributed by atoms with E-state index in [-0.39, 0.29) is 18.2 Å². The van der Waals surface area contributed by atoms with Crippen molar-refractivity contribution in [1.82, 2.24) is 0 Å². The van der Waals surface area contributed by atoms with Crippen LogP contribution in [0.15, 0.2) is 24.3 Å². The molecule has 0 radical (unpaired) electrons. The minimum Gasteiger partial charge on any atom is -0.492 e. The number of rotatable bonds is 3. The molecule has 0 aliphatic heterocycles. The monoisotopic (exact) mass is 224 g/mol. The van der Waals surface area contributed by atoms with Gasteiger partial charge in [0.2, 0.25) is 0 Å². The van der Waals surface area contributed by atoms with E-state index < -0.39 is 11.7 Å². The van der Waals surface area contributed by atoms with Crippen LogP contribution in [0.25, 0.3) is 0 Å². The average molecular weight is 225 g/mol. The quantitative estimate of drug-likeness (QED) is 0.716. The number of hydrogen-bond donors (Lipinski definition) is 0. The molecule has 14 heavy (non-hydrogen) atoms. The zero-order valence-electron chi connectivity index (χ0n) is 7.14. The van der Waals surface area contributed by atoms with Gasteiger partial charge in [0.25, 0.3) is 0 Å². The highest BCUT2D eigenvalue weighted by Crippen LogP contribution is 2.31. The predicted molar refractivity (Wildman–Crippen MR) is 47.7 cm³/mol. The van der Waals surface area contributed by atoms with E-state index >= 15 is 0 Å². The normalized spacial score (nSPS) is 11.4. The smallest absolute Gasteiger partial charge is 0.416 e. The lowest BCUT2D eigenvalue weighted by molar-refractivity contribution is -0.137. The maximum atomic E-state index is 12.2. The van der Waals surface area contributed by atoms with Crippen LogP contribution in [0.5, 0.6) is 5.75 Å². The van der Waals surface area contributed by atoms with Crippen LogP contribution in [0.4, 0.5) is 13.2 Å². The Morgan fingerprint density at radius 1 is 1.29 bits per heavy atom. The summed E-state index contributed by atoms with van der Waals surface area (Å²) in [5.41, 5.74) is -0.718. The maximum absolute atomic E-state index is 12.2. The van der Waals surface area contributed by atoms with Crippen molar-refractivity contribution in [3.63, 3.8) is 0 Å². The van der Waals surface area contributed by atoms with Gasteiger partial charge in [-0.2, -0.15) is 13.2 Å². The van der Waals surface area contributed by atoms with Crippen LogP contribution in [-0.4, -0.2) is 12.5 Å². The fourth-order valence-corrected chi connectivity index (χ4v) is 0.996. The summed E-state index contributed by atoms with van der Waals surface area (Å²) < 4.78 is 41.6. The van der Waals surface area contributed by atoms with Crippen LogP contribution in [-0.2, 0) is 6.18 Å². The van der Waals surface area contributed by atoms with Crippen LogP contribution in [0.1, 0.15) is 5.56 Å². The zero-order valence-corrected chi connectivity index (χ0v) is 7.90. The molecule has 1 rings (SSSR count). The molecular weight excluding hydrogens is 217 g/mol. The van der Waals surface area contributed by atoms with E-state index in [2.05, 4.69) is 0 Å². The Kier molecular flexibility index (Phi) is 3.63. The molecule has 0 spiro atoms. The molecule has 1 aromatic rings. The van der Waals surface area contributed by atoms with E-state index in [9.17, 15) is 13.2 Å². The Morgan fingerprint density at radius 3 is 2.57 bits per heavy atom. The van der Waals surface area contributed by atoms with Crippen molar-refractivity contribution in [2.75, 3.05) is 12.5 Å². The first-order chi connectivity index (χ1) is 6.54. The topological polar surface area (TPSA) is 9.23 Å². The van der Waals surface area contributed by atoms with E-state index in [0.717, 1.165) is 12.1 Å². The molecule has 0 atom stereocenters. The molecule has 0 heterocycles. The fraction of sp³-hybridized carbons (Fsp3) is 0.333. The van der Waals surface area contributed by atoms with Gasteiger partial charge in [0.15, 0.2) is 0 Å². The molecule has 0 aliphatic rings. The van der Waals surface area contributed by atoms with Crippen LogP contribution in [0.2, 0.25) is 0 Å². The third-order valence-corrected chi connectivity index (χ3v) is 1.66. The summed E-state index contributed by atoms with van der Waals surface area (Å²) >= 11 is 5.33. The molecule has 0 aromatic heterocycles. The highest BCUT2D eigenvalue weighted by Gasteiger charge is 2.30. The van der Waals surface area contributed by atoms with Crippen LogP contribution < -0.4 is 4.74 Å². The van der Waals surface area contributed by atoms with Gasteiger partial charge in [0.05, 0.1) is 11.4 Å². The summed E-state index contributed by atoms with van der Waals surface area (Å²) in [4.78, 5) is 0. The van der Waals surface area contributed by atoms with Crippen molar-refractivity contribution in [3.05, 3.63) is 29.8 Å². The third kappa shape index (κ3) is 3.10. The standard InChI is InChI=1S/C9H8ClF3O/c10-4-5-14-8-3-1-2-7(6-8)9(11,12)13/h1-3,6H,4-5H2. The first kappa shape index (κ1) is 11.2. The number of benzene rings is 1. The molecule has 5 heteroatoms. The van der Waals surface area contributed by atoms with Crippen molar-refractivity contribution in [2.24, 2.45) is 0 Å². The van der Waals surface area contributed by atoms with Crippen molar-refractivity contribution in [3.8, 4) is 5.75 Å². The van der Waals surface area contributed by atoms with Gasteiger partial charge in [-0.15, -0.1) is 11.6 Å². The van der Waals surface area contributed by atoms with Gasteiger partial charge in [-0.05, 0) is 18.2 Å². The predicted octanol–water partition coefficient (Wildman–Crippen LogP) is 3.32. The molecule has 1 aromatic carbocycles. The van der Waals surface area contributed by atoms with Crippen molar-refractivity contribution >= 4 is 11.6 Å². The molecule has 0 saturated heterocycles. The molecule has 0 fully saturated rings. The molecule has 0 aliphatic carbocycles. The summed E-state index contributed by atoms with van der Waals surface area (Å²) in [6, 6.07) is 4.70. The fourth-order valence-electron chi connectivity index (χ4n) is 0.919. The molecule has 0 amide bonds. The Hall–Kier alpha value is -0.900. The molecule has 78 valence electrons. The minimum atomic E-state index is -4.33. The number of halogens is 4. The highest BCUT2D eigenvalue weighted by atomic mass is 35.5. The van der Waals surface area contributed by atoms with Gasteiger partial charge in [0.1, 0.15) is 12.4 Å². The van der Waals surface area contributed by atoms with Gasteiger partial charge in [0, 0.05) is 0 Å². The summed E-state index contributed by atoms with van der Waals surface area (Å²) in [6.07, 6.45) is -4.33. The van der Waals surface area contributed by atoms with Crippen molar-refractivity contribution < 1.29 is 17.9 Å². The second-order valence-corrected chi connectivity index (χ2v) is 2.94. The number of hydrogen-bond acceptors (Lipinski definition) is 1. The second kappa shape index (κ2) is 4.55. The van der Waals surface area contributed by atoms with Crippen LogP contribution in [0.3, 0.4) is 0 Å². The first-order valence-corrected chi connectivity index (χ1v) is 4.43. The van der Waals surface area contributed by atoms with Gasteiger partial charge >= 0.3 is 6.18 Å². The summed E-state index contributed by atoms with van der Waals surface area (Å²) in [5, 5.41) is 0. The molecular formula is C9H8ClF3O. The first-order valence-electron chi connectivity index (χ1n) is 3.90. The SMILES string of the molecule is FC(F)(F)c1cccc(OCCCl)c1. The maximum Gasteiger partial charge on any atom is 0.416 e. The largest absolute Gasteiger partial charge is 0.492 e. The Bertz CT molecular complexity index is 298. The van der Waals surface area contributed by atoms with Crippen molar-refractivity contribution in [2.45, 2.75) is 6.18 Å². The Labute approximate surface area is 84.4 Å². The second-order valence-electron chi connectivity index (χ2n) is 2.56. The summed E-state index contributed by atoms with van der Waals surface area (Å²) in [7, 11) is 0. The Morgan fingerprint density at radius 2 is 2.00 bits per heavy atom. The highest BCUT2D eigenvalue weighted by molar-refractivity contribution is 6.17. The Balaban J connectivity index is 2.79. The molecule has 0 saturated carbocycles. The molecule has 0 N–H and O–H groups in total. The molecule has 0 unspecified atom stereocenters.